The Morgan fingerprint density at radius 2 is 1.73 bits per heavy atom. The summed E-state index contributed by atoms with van der Waals surface area (Å²) in [6, 6.07) is 22.9. The second-order valence-corrected chi connectivity index (χ2v) is 9.40. The molecule has 8 nitrogen and oxygen atoms in total. The number of methoxy groups -OCH3 is 1. The second kappa shape index (κ2) is 10.8. The van der Waals surface area contributed by atoms with Crippen LogP contribution in [0.1, 0.15) is 27.9 Å². The number of ether oxygens (including phenoxy) is 1. The van der Waals surface area contributed by atoms with Crippen LogP contribution in [-0.4, -0.2) is 52.4 Å². The fourth-order valence-electron chi connectivity index (χ4n) is 4.06. The van der Waals surface area contributed by atoms with E-state index in [0.717, 1.165) is 16.9 Å². The van der Waals surface area contributed by atoms with Gasteiger partial charge in [-0.15, -0.1) is 0 Å². The smallest absolute Gasteiger partial charge is 0.259 e. The number of fused-ring (bicyclic) bond motifs is 3. The van der Waals surface area contributed by atoms with Crippen molar-refractivity contribution in [2.75, 3.05) is 12.9 Å². The molecule has 5 rings (SSSR count). The quantitative estimate of drug-likeness (QED) is 0.460. The first-order chi connectivity index (χ1) is 18.0. The number of para-hydroxylation sites is 1. The Morgan fingerprint density at radius 3 is 2.49 bits per heavy atom. The lowest BCUT2D eigenvalue weighted by Gasteiger charge is -2.25. The van der Waals surface area contributed by atoms with Crippen LogP contribution in [0.3, 0.4) is 0 Å². The van der Waals surface area contributed by atoms with E-state index >= 15 is 0 Å². The molecule has 2 amide bonds. The van der Waals surface area contributed by atoms with Crippen molar-refractivity contribution in [2.45, 2.75) is 19.0 Å². The van der Waals surface area contributed by atoms with Crippen LogP contribution in [-0.2, 0) is 16.1 Å². The maximum absolute atomic E-state index is 13.4. The van der Waals surface area contributed by atoms with E-state index in [2.05, 4.69) is 15.3 Å². The molecule has 0 aromatic heterocycles. The third kappa shape index (κ3) is 5.31. The van der Waals surface area contributed by atoms with E-state index in [-0.39, 0.29) is 29.8 Å². The molecule has 2 aliphatic heterocycles. The summed E-state index contributed by atoms with van der Waals surface area (Å²) in [5.74, 6) is 0.638. The standard InChI is InChI=1S/C28H24N4O4S/c1-36-20-13-11-18(12-14-20)16-29-25(34)15-23-27(35)32-26(30-23)21-9-5-6-10-22(21)31-28(32)37-17-24(33)19-7-3-2-4-8-19/h2-14,23H,15-17H2,1H3,(H,29,34). The average molecular weight is 513 g/mol. The SMILES string of the molecule is COc1ccc(CNC(=O)CC2N=C3c4ccccc4N=C(SCC(=O)c4ccccc4)N3C2=O)cc1. The van der Waals surface area contributed by atoms with E-state index < -0.39 is 6.04 Å². The van der Waals surface area contributed by atoms with Gasteiger partial charge in [0.25, 0.3) is 5.91 Å². The number of hydrogen-bond acceptors (Lipinski definition) is 7. The summed E-state index contributed by atoms with van der Waals surface area (Å²) in [5, 5.41) is 3.24. The fraction of sp³-hybridized carbons (Fsp3) is 0.179. The third-order valence-corrected chi connectivity index (χ3v) is 6.94. The van der Waals surface area contributed by atoms with E-state index in [0.29, 0.717) is 28.8 Å². The molecule has 0 saturated heterocycles. The number of amidine groups is 2. The van der Waals surface area contributed by atoms with Gasteiger partial charge < -0.3 is 10.1 Å². The molecule has 0 spiro atoms. The highest BCUT2D eigenvalue weighted by Crippen LogP contribution is 2.34. The van der Waals surface area contributed by atoms with Crippen LogP contribution in [0.4, 0.5) is 5.69 Å². The molecule has 9 heteroatoms. The summed E-state index contributed by atoms with van der Waals surface area (Å²) in [6.07, 6.45) is -0.0853. The molecule has 0 aliphatic carbocycles. The second-order valence-electron chi connectivity index (χ2n) is 8.46. The van der Waals surface area contributed by atoms with Crippen molar-refractivity contribution in [3.8, 4) is 5.75 Å². The Balaban J connectivity index is 1.29. The predicted molar refractivity (Wildman–Crippen MR) is 143 cm³/mol. The molecule has 2 heterocycles. The van der Waals surface area contributed by atoms with Crippen LogP contribution >= 0.6 is 11.8 Å². The van der Waals surface area contributed by atoms with E-state index in [9.17, 15) is 14.4 Å². The fourth-order valence-corrected chi connectivity index (χ4v) is 4.96. The molecule has 3 aromatic rings. The Kier molecular flexibility index (Phi) is 7.14. The topological polar surface area (TPSA) is 100 Å². The largest absolute Gasteiger partial charge is 0.497 e. The maximum atomic E-state index is 13.4. The van der Waals surface area contributed by atoms with Crippen LogP contribution in [0.15, 0.2) is 88.8 Å². The Hall–Kier alpha value is -4.24. The number of carbonyl (C=O) groups excluding carboxylic acids is 3. The molecule has 3 aromatic carbocycles. The number of Topliss-reactive ketones (excluding diaryl/α,β-unsaturated/α-hetero) is 1. The van der Waals surface area contributed by atoms with Gasteiger partial charge in [0.1, 0.15) is 17.6 Å². The van der Waals surface area contributed by atoms with E-state index in [1.165, 1.54) is 16.7 Å². The highest BCUT2D eigenvalue weighted by molar-refractivity contribution is 8.14. The third-order valence-electron chi connectivity index (χ3n) is 6.00. The first kappa shape index (κ1) is 24.5. The molecule has 1 unspecified atom stereocenters. The lowest BCUT2D eigenvalue weighted by molar-refractivity contribution is -0.128. The number of nitrogens with one attached hydrogen (secondary N) is 1. The zero-order chi connectivity index (χ0) is 25.8. The van der Waals surface area contributed by atoms with Gasteiger partial charge in [0.05, 0.1) is 25.0 Å². The first-order valence-electron chi connectivity index (χ1n) is 11.7. The van der Waals surface area contributed by atoms with E-state index in [4.69, 9.17) is 4.74 Å². The van der Waals surface area contributed by atoms with Crippen molar-refractivity contribution < 1.29 is 19.1 Å². The van der Waals surface area contributed by atoms with Crippen LogP contribution in [0.25, 0.3) is 0 Å². The lowest BCUT2D eigenvalue weighted by atomic mass is 10.1. The predicted octanol–water partition coefficient (Wildman–Crippen LogP) is 3.98. The molecule has 186 valence electrons. The molecule has 2 aliphatic rings. The van der Waals surface area contributed by atoms with E-state index in [1.807, 2.05) is 66.7 Å². The van der Waals surface area contributed by atoms with Crippen molar-refractivity contribution >= 4 is 46.1 Å². The summed E-state index contributed by atoms with van der Waals surface area (Å²) in [6.45, 7) is 0.330. The highest BCUT2D eigenvalue weighted by Gasteiger charge is 2.42. The Morgan fingerprint density at radius 1 is 1.00 bits per heavy atom. The van der Waals surface area contributed by atoms with Crippen LogP contribution < -0.4 is 10.1 Å². The van der Waals surface area contributed by atoms with Gasteiger partial charge in [0.2, 0.25) is 5.91 Å². The molecular weight excluding hydrogens is 488 g/mol. The molecule has 1 atom stereocenters. The minimum Gasteiger partial charge on any atom is -0.497 e. The zero-order valence-corrected chi connectivity index (χ0v) is 20.9. The summed E-state index contributed by atoms with van der Waals surface area (Å²) in [5.41, 5.74) is 2.90. The number of amides is 2. The number of hydrogen-bond donors (Lipinski definition) is 1. The molecule has 37 heavy (non-hydrogen) atoms. The van der Waals surface area contributed by atoms with Crippen molar-refractivity contribution in [3.63, 3.8) is 0 Å². The highest BCUT2D eigenvalue weighted by atomic mass is 32.2. The summed E-state index contributed by atoms with van der Waals surface area (Å²) in [4.78, 5) is 49.5. The van der Waals surface area contributed by atoms with Crippen molar-refractivity contribution in [3.05, 3.63) is 95.6 Å². The lowest BCUT2D eigenvalue weighted by Crippen LogP contribution is -2.42. The van der Waals surface area contributed by atoms with Crippen molar-refractivity contribution in [2.24, 2.45) is 9.98 Å². The van der Waals surface area contributed by atoms with Gasteiger partial charge in [0.15, 0.2) is 11.0 Å². The molecule has 0 bridgehead atoms. The number of thioether (sulfide) groups is 1. The van der Waals surface area contributed by atoms with Gasteiger partial charge in [0, 0.05) is 17.7 Å². The minimum atomic E-state index is -0.868. The van der Waals surface area contributed by atoms with Crippen LogP contribution in [0.5, 0.6) is 5.75 Å². The zero-order valence-electron chi connectivity index (χ0n) is 20.1. The number of nitrogens with zero attached hydrogens (tertiary/aromatic N) is 3. The number of aliphatic imine (C=N–C) groups is 2. The summed E-state index contributed by atoms with van der Waals surface area (Å²) in [7, 11) is 1.60. The van der Waals surface area contributed by atoms with Gasteiger partial charge in [-0.05, 0) is 29.8 Å². The molecular formula is C28H24N4O4S. The number of benzene rings is 3. The average Bonchev–Trinajstić information content (AvgIpc) is 3.27. The summed E-state index contributed by atoms with van der Waals surface area (Å²) < 4.78 is 5.15. The monoisotopic (exact) mass is 512 g/mol. The van der Waals surface area contributed by atoms with Gasteiger partial charge in [-0.2, -0.15) is 0 Å². The Labute approximate surface area is 218 Å². The molecule has 0 fully saturated rings. The maximum Gasteiger partial charge on any atom is 0.259 e. The van der Waals surface area contributed by atoms with Gasteiger partial charge in [-0.3, -0.25) is 19.4 Å². The van der Waals surface area contributed by atoms with Crippen molar-refractivity contribution in [1.29, 1.82) is 0 Å². The number of ketones is 1. The minimum absolute atomic E-state index is 0.0632. The van der Waals surface area contributed by atoms with Crippen LogP contribution in [0.2, 0.25) is 0 Å². The normalized spacial score (nSPS) is 15.9. The molecule has 0 radical (unpaired) electrons. The summed E-state index contributed by atoms with van der Waals surface area (Å²) >= 11 is 1.19. The molecule has 1 N–H and O–H groups in total. The van der Waals surface area contributed by atoms with Gasteiger partial charge in [-0.25, -0.2) is 9.89 Å². The van der Waals surface area contributed by atoms with Crippen molar-refractivity contribution in [1.82, 2.24) is 10.2 Å². The van der Waals surface area contributed by atoms with E-state index in [1.54, 1.807) is 19.2 Å². The van der Waals surface area contributed by atoms with Gasteiger partial charge in [-0.1, -0.05) is 66.4 Å². The first-order valence-corrected chi connectivity index (χ1v) is 12.7. The van der Waals surface area contributed by atoms with Gasteiger partial charge >= 0.3 is 0 Å². The number of carbonyl (C=O) groups is 3. The number of rotatable bonds is 8. The molecule has 0 saturated carbocycles. The Bertz CT molecular complexity index is 1400. The van der Waals surface area contributed by atoms with Crippen LogP contribution in [0, 0.1) is 0 Å².